The van der Waals surface area contributed by atoms with Crippen molar-refractivity contribution < 1.29 is 14.1 Å². The third kappa shape index (κ3) is 5.10. The Morgan fingerprint density at radius 3 is 2.70 bits per heavy atom. The number of nitrogens with zero attached hydrogens (tertiary/aromatic N) is 4. The van der Waals surface area contributed by atoms with Crippen LogP contribution < -0.4 is 5.32 Å². The van der Waals surface area contributed by atoms with Crippen molar-refractivity contribution in [1.82, 2.24) is 14.8 Å². The molecular weight excluding hydrogens is 477 g/mol. The highest BCUT2D eigenvalue weighted by atomic mass is 79.9. The van der Waals surface area contributed by atoms with Gasteiger partial charge in [0, 0.05) is 28.3 Å². The highest BCUT2D eigenvalue weighted by Gasteiger charge is 2.17. The molecule has 2 aromatic carbocycles. The largest absolute Gasteiger partial charge is 0.325 e. The summed E-state index contributed by atoms with van der Waals surface area (Å²) in [5.41, 5.74) is 0.296. The molecule has 1 aromatic heterocycles. The first-order chi connectivity index (χ1) is 14.4. The molecule has 1 amide bonds. The molecule has 0 spiro atoms. The van der Waals surface area contributed by atoms with E-state index in [1.807, 2.05) is 28.8 Å². The predicted octanol–water partition coefficient (Wildman–Crippen LogP) is 4.67. The van der Waals surface area contributed by atoms with Gasteiger partial charge in [-0.15, -0.1) is 16.8 Å². The molecule has 3 rings (SSSR count). The van der Waals surface area contributed by atoms with Crippen LogP contribution in [0, 0.1) is 15.9 Å². The van der Waals surface area contributed by atoms with Gasteiger partial charge in [0.2, 0.25) is 11.7 Å². The van der Waals surface area contributed by atoms with E-state index in [9.17, 15) is 19.3 Å². The molecule has 30 heavy (non-hydrogen) atoms. The maximum absolute atomic E-state index is 13.4. The van der Waals surface area contributed by atoms with Crippen molar-refractivity contribution in [3.8, 4) is 11.4 Å². The van der Waals surface area contributed by atoms with E-state index in [1.165, 1.54) is 6.07 Å². The van der Waals surface area contributed by atoms with E-state index in [2.05, 4.69) is 38.0 Å². The fourth-order valence-electron chi connectivity index (χ4n) is 2.56. The summed E-state index contributed by atoms with van der Waals surface area (Å²) < 4.78 is 16.2. The molecule has 11 heteroatoms. The number of aromatic nitrogens is 3. The summed E-state index contributed by atoms with van der Waals surface area (Å²) in [5, 5.41) is 22.2. The van der Waals surface area contributed by atoms with Crippen molar-refractivity contribution >= 4 is 45.0 Å². The molecule has 0 saturated carbocycles. The number of thioether (sulfide) groups is 1. The molecule has 1 N–H and O–H groups in total. The van der Waals surface area contributed by atoms with Crippen LogP contribution in [0.25, 0.3) is 11.4 Å². The summed E-state index contributed by atoms with van der Waals surface area (Å²) in [7, 11) is 0. The number of halogens is 2. The highest BCUT2D eigenvalue weighted by molar-refractivity contribution is 9.10. The van der Waals surface area contributed by atoms with Gasteiger partial charge in [0.25, 0.3) is 0 Å². The van der Waals surface area contributed by atoms with Gasteiger partial charge in [-0.1, -0.05) is 45.9 Å². The Bertz CT molecular complexity index is 1100. The summed E-state index contributed by atoms with van der Waals surface area (Å²) >= 11 is 4.55. The van der Waals surface area contributed by atoms with Crippen LogP contribution in [0.1, 0.15) is 0 Å². The Balaban J connectivity index is 1.71. The summed E-state index contributed by atoms with van der Waals surface area (Å²) in [6.45, 7) is 4.20. The summed E-state index contributed by atoms with van der Waals surface area (Å²) in [5.74, 6) is -0.759. The SMILES string of the molecule is C=CCn1c(SCC(=O)Nc2ccc(F)c([N+](=O)[O-])c2)nnc1-c1ccc(Br)cc1. The van der Waals surface area contributed by atoms with Crippen molar-refractivity contribution in [2.75, 3.05) is 11.1 Å². The van der Waals surface area contributed by atoms with E-state index in [0.717, 1.165) is 33.9 Å². The summed E-state index contributed by atoms with van der Waals surface area (Å²) in [6.07, 6.45) is 1.70. The summed E-state index contributed by atoms with van der Waals surface area (Å²) in [6, 6.07) is 10.8. The van der Waals surface area contributed by atoms with E-state index in [0.29, 0.717) is 17.5 Å². The number of rotatable bonds is 8. The Labute approximate surface area is 183 Å². The van der Waals surface area contributed by atoms with Gasteiger partial charge < -0.3 is 5.32 Å². The second-order valence-electron chi connectivity index (χ2n) is 5.97. The number of allylic oxidation sites excluding steroid dienone is 1. The van der Waals surface area contributed by atoms with Gasteiger partial charge >= 0.3 is 5.69 Å². The molecular formula is C19H15BrFN5O3S. The van der Waals surface area contributed by atoms with Crippen LogP contribution in [0.4, 0.5) is 15.8 Å². The van der Waals surface area contributed by atoms with Crippen LogP contribution in [0.2, 0.25) is 0 Å². The van der Waals surface area contributed by atoms with E-state index < -0.39 is 22.3 Å². The Morgan fingerprint density at radius 2 is 2.03 bits per heavy atom. The number of amides is 1. The minimum atomic E-state index is -0.967. The molecule has 154 valence electrons. The lowest BCUT2D eigenvalue weighted by atomic mass is 10.2. The van der Waals surface area contributed by atoms with Gasteiger partial charge in [0.1, 0.15) is 0 Å². The molecule has 0 atom stereocenters. The van der Waals surface area contributed by atoms with E-state index in [4.69, 9.17) is 0 Å². The average Bonchev–Trinajstić information content (AvgIpc) is 3.11. The average molecular weight is 492 g/mol. The van der Waals surface area contributed by atoms with Gasteiger partial charge in [-0.2, -0.15) is 4.39 Å². The third-order valence-corrected chi connectivity index (χ3v) is 5.39. The molecule has 0 saturated heterocycles. The molecule has 0 aliphatic carbocycles. The lowest BCUT2D eigenvalue weighted by Crippen LogP contribution is -2.15. The van der Waals surface area contributed by atoms with E-state index >= 15 is 0 Å². The normalized spacial score (nSPS) is 10.6. The second-order valence-corrected chi connectivity index (χ2v) is 7.83. The molecule has 0 unspecified atom stereocenters. The van der Waals surface area contributed by atoms with Gasteiger partial charge in [0.15, 0.2) is 11.0 Å². The Kier molecular flexibility index (Phi) is 6.95. The van der Waals surface area contributed by atoms with Gasteiger partial charge in [0.05, 0.1) is 10.7 Å². The zero-order chi connectivity index (χ0) is 21.7. The van der Waals surface area contributed by atoms with Crippen LogP contribution >= 0.6 is 27.7 Å². The van der Waals surface area contributed by atoms with Gasteiger partial charge in [-0.05, 0) is 24.3 Å². The number of carbonyl (C=O) groups is 1. The van der Waals surface area contributed by atoms with Crippen molar-refractivity contribution in [3.05, 3.63) is 75.5 Å². The van der Waals surface area contributed by atoms with Crippen LogP contribution in [-0.4, -0.2) is 31.3 Å². The number of nitro groups is 1. The number of nitro benzene ring substituents is 1. The quantitative estimate of drug-likeness (QED) is 0.212. The second kappa shape index (κ2) is 9.63. The van der Waals surface area contributed by atoms with Crippen LogP contribution in [0.5, 0.6) is 0 Å². The maximum Gasteiger partial charge on any atom is 0.306 e. The van der Waals surface area contributed by atoms with Crippen molar-refractivity contribution in [2.24, 2.45) is 0 Å². The highest BCUT2D eigenvalue weighted by Crippen LogP contribution is 2.26. The van der Waals surface area contributed by atoms with Crippen LogP contribution in [-0.2, 0) is 11.3 Å². The fraction of sp³-hybridized carbons (Fsp3) is 0.105. The Morgan fingerprint density at radius 1 is 1.30 bits per heavy atom. The Hall–Kier alpha value is -3.05. The molecule has 0 aliphatic rings. The predicted molar refractivity (Wildman–Crippen MR) is 116 cm³/mol. The fourth-order valence-corrected chi connectivity index (χ4v) is 3.57. The lowest BCUT2D eigenvalue weighted by molar-refractivity contribution is -0.387. The van der Waals surface area contributed by atoms with Crippen LogP contribution in [0.3, 0.4) is 0 Å². The number of nitrogens with one attached hydrogen (secondary N) is 1. The van der Waals surface area contributed by atoms with E-state index in [-0.39, 0.29) is 11.4 Å². The van der Waals surface area contributed by atoms with Gasteiger partial charge in [-0.3, -0.25) is 19.5 Å². The van der Waals surface area contributed by atoms with Crippen LogP contribution in [0.15, 0.2) is 64.7 Å². The topological polar surface area (TPSA) is 103 Å². The smallest absolute Gasteiger partial charge is 0.306 e. The molecule has 0 bridgehead atoms. The number of carbonyl (C=O) groups excluding carboxylic acids is 1. The molecule has 0 aliphatic heterocycles. The number of benzene rings is 2. The molecule has 3 aromatic rings. The third-order valence-electron chi connectivity index (χ3n) is 3.89. The molecule has 1 heterocycles. The first-order valence-corrected chi connectivity index (χ1v) is 10.3. The monoisotopic (exact) mass is 491 g/mol. The minimum Gasteiger partial charge on any atom is -0.325 e. The maximum atomic E-state index is 13.4. The van der Waals surface area contributed by atoms with E-state index in [1.54, 1.807) is 6.08 Å². The zero-order valence-corrected chi connectivity index (χ0v) is 17.8. The summed E-state index contributed by atoms with van der Waals surface area (Å²) in [4.78, 5) is 22.2. The number of hydrogen-bond acceptors (Lipinski definition) is 6. The van der Waals surface area contributed by atoms with Gasteiger partial charge in [-0.25, -0.2) is 0 Å². The van der Waals surface area contributed by atoms with Crippen molar-refractivity contribution in [2.45, 2.75) is 11.7 Å². The molecule has 0 radical (unpaired) electrons. The minimum absolute atomic E-state index is 0.0131. The number of anilines is 1. The standard InChI is InChI=1S/C19H15BrFN5O3S/c1-2-9-25-18(12-3-5-13(20)6-4-12)23-24-19(25)30-11-17(27)22-14-7-8-15(21)16(10-14)26(28)29/h2-8,10H,1,9,11H2,(H,22,27). The first kappa shape index (κ1) is 21.7. The van der Waals surface area contributed by atoms with Crippen molar-refractivity contribution in [1.29, 1.82) is 0 Å². The zero-order valence-electron chi connectivity index (χ0n) is 15.4. The lowest BCUT2D eigenvalue weighted by Gasteiger charge is -2.08. The molecule has 8 nitrogen and oxygen atoms in total. The first-order valence-electron chi connectivity index (χ1n) is 8.55. The van der Waals surface area contributed by atoms with Crippen molar-refractivity contribution in [3.63, 3.8) is 0 Å². The number of hydrogen-bond donors (Lipinski definition) is 1. The molecule has 0 fully saturated rings.